The van der Waals surface area contributed by atoms with Crippen LogP contribution in [-0.2, 0) is 38.0 Å². The smallest absolute Gasteiger partial charge is 0.311 e. The van der Waals surface area contributed by atoms with E-state index in [4.69, 9.17) is 33.2 Å². The van der Waals surface area contributed by atoms with Crippen LogP contribution in [0.5, 0.6) is 0 Å². The van der Waals surface area contributed by atoms with Gasteiger partial charge in [0.2, 0.25) is 0 Å². The maximum Gasteiger partial charge on any atom is 0.311 e. The number of esters is 1. The predicted molar refractivity (Wildman–Crippen MR) is 204 cm³/mol. The minimum Gasteiger partial charge on any atom is -0.459 e. The Balaban J connectivity index is 2.30. The summed E-state index contributed by atoms with van der Waals surface area (Å²) in [5.41, 5.74) is -4.09. The molecule has 0 aromatic rings. The molecule has 15 heteroatoms. The second-order valence-electron chi connectivity index (χ2n) is 17.1. The zero-order valence-electron chi connectivity index (χ0n) is 35.4. The van der Waals surface area contributed by atoms with Gasteiger partial charge >= 0.3 is 5.97 Å². The van der Waals surface area contributed by atoms with Gasteiger partial charge in [0, 0.05) is 37.3 Å². The standard InChI is InChI=1S/C40H72N2O13/c1-15-17-50-39(10)19-21(3)30(41-48)23(5)33(44)40(11,47)28(16-2)53-36(46)25(7)32(54-29-20-38(9,49-14)34(45)26(8)52-29)24(6)35(39)55-37-31(43)27(42(12)13)18-22(4)51-37/h15,21-29,31-35,37,43-45,47-48H,1,16-20H2,2-14H3/b41-30+/t21-,22-,23-,24+,25-,26+,27+,28+,29?,31-,32+,33-,34+,35-,37+,38-,39+,40-/m1/s1. The van der Waals surface area contributed by atoms with Crippen LogP contribution in [0.1, 0.15) is 94.9 Å². The van der Waals surface area contributed by atoms with Crippen LogP contribution in [0.2, 0.25) is 0 Å². The number of carbonyl (C=O) groups excluding carboxylic acids is 1. The van der Waals surface area contributed by atoms with E-state index in [0.29, 0.717) is 6.42 Å². The number of rotatable bonds is 10. The van der Waals surface area contributed by atoms with E-state index in [2.05, 4.69) is 11.7 Å². The lowest BCUT2D eigenvalue weighted by Gasteiger charge is -2.50. The first kappa shape index (κ1) is 47.6. The molecular formula is C40H72N2O13. The van der Waals surface area contributed by atoms with Crippen molar-refractivity contribution in [2.45, 2.75) is 179 Å². The van der Waals surface area contributed by atoms with Crippen LogP contribution >= 0.6 is 0 Å². The second-order valence-corrected chi connectivity index (χ2v) is 17.1. The number of carbonyl (C=O) groups is 1. The summed E-state index contributed by atoms with van der Waals surface area (Å²) in [6.45, 7) is 21.3. The van der Waals surface area contributed by atoms with Gasteiger partial charge in [0.15, 0.2) is 12.6 Å². The Morgan fingerprint density at radius 2 is 1.60 bits per heavy atom. The lowest BCUT2D eigenvalue weighted by Crippen LogP contribution is -2.61. The van der Waals surface area contributed by atoms with Crippen LogP contribution in [0.15, 0.2) is 17.8 Å². The third-order valence-electron chi connectivity index (χ3n) is 12.5. The first-order valence-electron chi connectivity index (χ1n) is 19.8. The average Bonchev–Trinajstić information content (AvgIpc) is 3.12. The van der Waals surface area contributed by atoms with Crippen molar-refractivity contribution in [1.82, 2.24) is 4.90 Å². The number of aliphatic hydroxyl groups is 4. The number of aliphatic hydroxyl groups excluding tert-OH is 3. The van der Waals surface area contributed by atoms with Crippen LogP contribution in [0.3, 0.4) is 0 Å². The fraction of sp³-hybridized carbons (Fsp3) is 0.900. The van der Waals surface area contributed by atoms with Crippen molar-refractivity contribution < 1.29 is 63.6 Å². The Hall–Kier alpha value is -1.76. The van der Waals surface area contributed by atoms with Crippen molar-refractivity contribution in [2.75, 3.05) is 27.8 Å². The number of cyclic esters (lactones) is 1. The summed E-state index contributed by atoms with van der Waals surface area (Å²) in [7, 11) is 5.26. The molecule has 0 aromatic heterocycles. The maximum absolute atomic E-state index is 14.3. The Morgan fingerprint density at radius 1 is 0.964 bits per heavy atom. The summed E-state index contributed by atoms with van der Waals surface area (Å²) in [4.78, 5) is 16.2. The molecular weight excluding hydrogens is 716 g/mol. The van der Waals surface area contributed by atoms with E-state index in [1.807, 2.05) is 46.7 Å². The normalized spacial score (nSPS) is 47.6. The fourth-order valence-corrected chi connectivity index (χ4v) is 8.98. The van der Waals surface area contributed by atoms with Crippen LogP contribution in [0.25, 0.3) is 0 Å². The molecule has 5 N–H and O–H groups in total. The molecule has 0 aliphatic carbocycles. The van der Waals surface area contributed by atoms with E-state index < -0.39 is 102 Å². The molecule has 0 amide bonds. The average molecular weight is 789 g/mol. The highest BCUT2D eigenvalue weighted by Gasteiger charge is 2.54. The van der Waals surface area contributed by atoms with E-state index in [9.17, 15) is 30.4 Å². The topological polar surface area (TPSA) is 198 Å². The summed E-state index contributed by atoms with van der Waals surface area (Å²) < 4.78 is 44.6. The fourth-order valence-electron chi connectivity index (χ4n) is 8.98. The summed E-state index contributed by atoms with van der Waals surface area (Å²) in [5, 5.41) is 60.2. The van der Waals surface area contributed by atoms with E-state index in [1.165, 1.54) is 14.0 Å². The highest BCUT2D eigenvalue weighted by atomic mass is 16.7. The van der Waals surface area contributed by atoms with Crippen molar-refractivity contribution in [3.05, 3.63) is 12.7 Å². The van der Waals surface area contributed by atoms with Gasteiger partial charge < -0.3 is 63.7 Å². The molecule has 0 saturated carbocycles. The molecule has 3 aliphatic heterocycles. The second kappa shape index (κ2) is 19.3. The van der Waals surface area contributed by atoms with Crippen molar-refractivity contribution >= 4 is 11.7 Å². The molecule has 0 radical (unpaired) electrons. The number of hydrogen-bond acceptors (Lipinski definition) is 15. The molecule has 0 bridgehead atoms. The van der Waals surface area contributed by atoms with Crippen LogP contribution in [0.4, 0.5) is 0 Å². The zero-order chi connectivity index (χ0) is 41.8. The lowest BCUT2D eigenvalue weighted by molar-refractivity contribution is -0.320. The molecule has 3 aliphatic rings. The van der Waals surface area contributed by atoms with Gasteiger partial charge in [0.05, 0.1) is 60.0 Å². The quantitative estimate of drug-likeness (QED) is 0.0936. The Morgan fingerprint density at radius 3 is 2.15 bits per heavy atom. The molecule has 3 heterocycles. The molecule has 18 atom stereocenters. The Kier molecular flexibility index (Phi) is 16.7. The highest BCUT2D eigenvalue weighted by Crippen LogP contribution is 2.42. The molecule has 3 saturated heterocycles. The molecule has 15 nitrogen and oxygen atoms in total. The largest absolute Gasteiger partial charge is 0.459 e. The van der Waals surface area contributed by atoms with Gasteiger partial charge in [-0.1, -0.05) is 38.9 Å². The summed E-state index contributed by atoms with van der Waals surface area (Å²) in [6.07, 6.45) is -7.20. The SMILES string of the molecule is C=CCO[C@@]1(C)C[C@@H](C)/C(=N\O)[C@@H](C)[C@@H](O)[C@](C)(O)[C@H](CC)OC(=O)[C@H](C)[C@@H](OC2C[C@@](C)(OC)[C@@H](O)[C@H](C)O2)[C@H](C)[C@H]1O[C@@H]1O[C@H](C)C[C@H](N(C)C)[C@H]1O. The summed E-state index contributed by atoms with van der Waals surface area (Å²) >= 11 is 0. The summed E-state index contributed by atoms with van der Waals surface area (Å²) in [5.74, 6) is -3.94. The monoisotopic (exact) mass is 789 g/mol. The number of nitrogens with zero attached hydrogens (tertiary/aromatic N) is 2. The van der Waals surface area contributed by atoms with Crippen LogP contribution < -0.4 is 0 Å². The Bertz CT molecular complexity index is 1290. The first-order chi connectivity index (χ1) is 25.5. The van der Waals surface area contributed by atoms with E-state index in [1.54, 1.807) is 40.7 Å². The Labute approximate surface area is 328 Å². The molecule has 3 rings (SSSR count). The van der Waals surface area contributed by atoms with Crippen molar-refractivity contribution in [3.63, 3.8) is 0 Å². The van der Waals surface area contributed by atoms with E-state index in [-0.39, 0.29) is 43.7 Å². The number of likely N-dealkylation sites (N-methyl/N-ethyl adjacent to an activating group) is 1. The van der Waals surface area contributed by atoms with Crippen molar-refractivity contribution in [1.29, 1.82) is 0 Å². The number of oxime groups is 1. The van der Waals surface area contributed by atoms with Crippen LogP contribution in [-0.4, -0.2) is 154 Å². The third-order valence-corrected chi connectivity index (χ3v) is 12.5. The molecule has 320 valence electrons. The highest BCUT2D eigenvalue weighted by molar-refractivity contribution is 5.88. The van der Waals surface area contributed by atoms with E-state index in [0.717, 1.165) is 0 Å². The van der Waals surface area contributed by atoms with E-state index >= 15 is 0 Å². The van der Waals surface area contributed by atoms with Crippen molar-refractivity contribution in [3.8, 4) is 0 Å². The third kappa shape index (κ3) is 10.5. The number of ether oxygens (including phenoxy) is 7. The maximum atomic E-state index is 14.3. The van der Waals surface area contributed by atoms with Crippen LogP contribution in [0, 0.1) is 23.7 Å². The van der Waals surface area contributed by atoms with Gasteiger partial charge in [-0.3, -0.25) is 4.79 Å². The minimum absolute atomic E-state index is 0.0771. The van der Waals surface area contributed by atoms with Gasteiger partial charge in [0.25, 0.3) is 0 Å². The summed E-state index contributed by atoms with van der Waals surface area (Å²) in [6, 6.07) is -0.299. The van der Waals surface area contributed by atoms with Crippen molar-refractivity contribution in [2.24, 2.45) is 28.8 Å². The molecule has 0 aromatic carbocycles. The van der Waals surface area contributed by atoms with Gasteiger partial charge in [-0.25, -0.2) is 0 Å². The molecule has 55 heavy (non-hydrogen) atoms. The molecule has 1 unspecified atom stereocenters. The molecule has 0 spiro atoms. The van der Waals surface area contributed by atoms with Gasteiger partial charge in [-0.2, -0.15) is 0 Å². The number of methoxy groups -OCH3 is 1. The zero-order valence-corrected chi connectivity index (χ0v) is 35.4. The minimum atomic E-state index is -1.95. The first-order valence-corrected chi connectivity index (χ1v) is 19.8. The number of hydrogen-bond donors (Lipinski definition) is 5. The van der Waals surface area contributed by atoms with Gasteiger partial charge in [-0.05, 0) is 74.9 Å². The van der Waals surface area contributed by atoms with Gasteiger partial charge in [-0.15, -0.1) is 6.58 Å². The predicted octanol–water partition coefficient (Wildman–Crippen LogP) is 3.26. The lowest BCUT2D eigenvalue weighted by atomic mass is 9.73. The molecule has 3 fully saturated rings. The van der Waals surface area contributed by atoms with Gasteiger partial charge in [0.1, 0.15) is 23.9 Å².